The first-order valence-corrected chi connectivity index (χ1v) is 11.0. The van der Waals surface area contributed by atoms with E-state index < -0.39 is 16.3 Å². The molecule has 0 aromatic rings. The van der Waals surface area contributed by atoms with Gasteiger partial charge < -0.3 is 4.98 Å². The molecule has 0 atom stereocenters. The standard InChI is InChI=1S/C7H19NOSi2/c1-10(2,3)7(9)8-11(4,5)6/h1-6H3,(H,8,9). The molecule has 0 fully saturated rings. The van der Waals surface area contributed by atoms with Gasteiger partial charge in [-0.1, -0.05) is 39.3 Å². The number of rotatable bonds is 2. The van der Waals surface area contributed by atoms with Crippen molar-refractivity contribution in [2.24, 2.45) is 0 Å². The van der Waals surface area contributed by atoms with E-state index in [1.54, 1.807) is 0 Å². The lowest BCUT2D eigenvalue weighted by Gasteiger charge is -2.23. The summed E-state index contributed by atoms with van der Waals surface area (Å²) < 4.78 is 0. The van der Waals surface area contributed by atoms with Gasteiger partial charge in [0.1, 0.15) is 16.3 Å². The van der Waals surface area contributed by atoms with Crippen molar-refractivity contribution >= 4 is 21.8 Å². The molecular weight excluding hydrogens is 170 g/mol. The number of amides is 1. The van der Waals surface area contributed by atoms with E-state index in [1.807, 2.05) is 0 Å². The van der Waals surface area contributed by atoms with Gasteiger partial charge >= 0.3 is 0 Å². The molecule has 1 amide bonds. The van der Waals surface area contributed by atoms with Gasteiger partial charge in [-0.15, -0.1) is 0 Å². The maximum atomic E-state index is 11.5. The van der Waals surface area contributed by atoms with Crippen molar-refractivity contribution in [2.45, 2.75) is 39.3 Å². The Balaban J connectivity index is 4.11. The Kier molecular flexibility index (Phi) is 3.08. The summed E-state index contributed by atoms with van der Waals surface area (Å²) in [5.41, 5.74) is 0.302. The van der Waals surface area contributed by atoms with E-state index in [-0.39, 0.29) is 0 Å². The largest absolute Gasteiger partial charge is 0.387 e. The van der Waals surface area contributed by atoms with Crippen LogP contribution >= 0.6 is 0 Å². The number of hydrogen-bond donors (Lipinski definition) is 1. The normalized spacial score (nSPS) is 12.9. The number of hydrogen-bond acceptors (Lipinski definition) is 1. The maximum Gasteiger partial charge on any atom is 0.184 e. The second-order valence-corrected chi connectivity index (χ2v) is 14.7. The van der Waals surface area contributed by atoms with Crippen LogP contribution in [-0.2, 0) is 0 Å². The van der Waals surface area contributed by atoms with E-state index in [1.165, 1.54) is 0 Å². The average molecular weight is 189 g/mol. The topological polar surface area (TPSA) is 29.1 Å². The summed E-state index contributed by atoms with van der Waals surface area (Å²) in [6.45, 7) is 12.6. The minimum Gasteiger partial charge on any atom is -0.387 e. The predicted molar refractivity (Wildman–Crippen MR) is 55.2 cm³/mol. The summed E-state index contributed by atoms with van der Waals surface area (Å²) >= 11 is 0. The van der Waals surface area contributed by atoms with Crippen molar-refractivity contribution in [2.75, 3.05) is 0 Å². The number of carbonyl (C=O) groups excluding carboxylic acids is 1. The summed E-state index contributed by atoms with van der Waals surface area (Å²) in [6.07, 6.45) is 0. The van der Waals surface area contributed by atoms with Crippen molar-refractivity contribution in [3.63, 3.8) is 0 Å². The van der Waals surface area contributed by atoms with Crippen LogP contribution in [0.1, 0.15) is 0 Å². The third-order valence-electron chi connectivity index (χ3n) is 1.17. The van der Waals surface area contributed by atoms with E-state index in [0.717, 1.165) is 0 Å². The summed E-state index contributed by atoms with van der Waals surface area (Å²) in [5, 5.41) is 0. The van der Waals surface area contributed by atoms with Crippen molar-refractivity contribution in [1.82, 2.24) is 4.98 Å². The van der Waals surface area contributed by atoms with Gasteiger partial charge in [0, 0.05) is 0 Å². The second kappa shape index (κ2) is 3.10. The zero-order chi connectivity index (χ0) is 9.28. The molecule has 0 aliphatic heterocycles. The molecule has 0 unspecified atom stereocenters. The molecule has 0 aliphatic rings. The molecule has 1 N–H and O–H groups in total. The molecular formula is C7H19NOSi2. The molecule has 0 saturated carbocycles. The van der Waals surface area contributed by atoms with Crippen LogP contribution in [0.15, 0.2) is 0 Å². The molecule has 2 nitrogen and oxygen atoms in total. The van der Waals surface area contributed by atoms with Crippen molar-refractivity contribution < 1.29 is 4.79 Å². The minimum absolute atomic E-state index is 0.302. The maximum absolute atomic E-state index is 11.5. The lowest BCUT2D eigenvalue weighted by Crippen LogP contribution is -2.53. The Labute approximate surface area is 71.5 Å². The summed E-state index contributed by atoms with van der Waals surface area (Å²) in [6, 6.07) is 0. The molecule has 0 aromatic carbocycles. The zero-order valence-electron chi connectivity index (χ0n) is 8.41. The Hall–Kier alpha value is -0.0962. The average Bonchev–Trinajstić information content (AvgIpc) is 1.56. The first-order chi connectivity index (χ1) is 4.63. The molecule has 0 radical (unpaired) electrons. The number of nitrogens with one attached hydrogen (secondary N) is 1. The summed E-state index contributed by atoms with van der Waals surface area (Å²) in [4.78, 5) is 14.6. The van der Waals surface area contributed by atoms with Crippen LogP contribution in [0, 0.1) is 0 Å². The van der Waals surface area contributed by atoms with E-state index in [0.29, 0.717) is 5.53 Å². The third-order valence-corrected chi connectivity index (χ3v) is 3.88. The van der Waals surface area contributed by atoms with Crippen molar-refractivity contribution in [1.29, 1.82) is 0 Å². The Morgan fingerprint density at radius 3 is 1.45 bits per heavy atom. The highest BCUT2D eigenvalue weighted by molar-refractivity contribution is 7.05. The first kappa shape index (κ1) is 10.9. The fourth-order valence-corrected chi connectivity index (χ4v) is 3.83. The highest BCUT2D eigenvalue weighted by Gasteiger charge is 2.28. The van der Waals surface area contributed by atoms with Gasteiger partial charge in [-0.25, -0.2) is 0 Å². The van der Waals surface area contributed by atoms with Crippen LogP contribution < -0.4 is 4.98 Å². The van der Waals surface area contributed by atoms with E-state index in [4.69, 9.17) is 0 Å². The monoisotopic (exact) mass is 189 g/mol. The van der Waals surface area contributed by atoms with Crippen LogP contribution in [0.3, 0.4) is 0 Å². The van der Waals surface area contributed by atoms with Gasteiger partial charge in [0.25, 0.3) is 0 Å². The lowest BCUT2D eigenvalue weighted by molar-refractivity contribution is 0.261. The predicted octanol–water partition coefficient (Wildman–Crippen LogP) is 2.45. The molecule has 0 bridgehead atoms. The lowest BCUT2D eigenvalue weighted by atomic mass is 11.4. The van der Waals surface area contributed by atoms with Gasteiger partial charge in [-0.3, -0.25) is 4.79 Å². The van der Waals surface area contributed by atoms with Gasteiger partial charge in [-0.2, -0.15) is 0 Å². The molecule has 66 valence electrons. The van der Waals surface area contributed by atoms with Crippen LogP contribution in [0.25, 0.3) is 0 Å². The molecule has 0 saturated heterocycles. The first-order valence-electron chi connectivity index (χ1n) is 3.95. The Morgan fingerprint density at radius 2 is 1.36 bits per heavy atom. The van der Waals surface area contributed by atoms with Gasteiger partial charge in [0.2, 0.25) is 0 Å². The fourth-order valence-electron chi connectivity index (χ4n) is 0.528. The summed E-state index contributed by atoms with van der Waals surface area (Å²) in [7, 11) is -2.98. The SMILES string of the molecule is C[Si](C)(C)NC(=O)[Si](C)(C)C. The van der Waals surface area contributed by atoms with Crippen molar-refractivity contribution in [3.05, 3.63) is 0 Å². The van der Waals surface area contributed by atoms with Crippen LogP contribution in [0.2, 0.25) is 39.3 Å². The Bertz CT molecular complexity index is 155. The smallest absolute Gasteiger partial charge is 0.184 e. The van der Waals surface area contributed by atoms with Crippen LogP contribution in [0.4, 0.5) is 4.79 Å². The van der Waals surface area contributed by atoms with Gasteiger partial charge in [0.15, 0.2) is 5.53 Å². The molecule has 0 aromatic heterocycles. The van der Waals surface area contributed by atoms with E-state index >= 15 is 0 Å². The van der Waals surface area contributed by atoms with Crippen LogP contribution in [0.5, 0.6) is 0 Å². The van der Waals surface area contributed by atoms with E-state index in [2.05, 4.69) is 44.3 Å². The second-order valence-electron chi connectivity index (χ2n) is 4.95. The van der Waals surface area contributed by atoms with E-state index in [9.17, 15) is 4.79 Å². The molecule has 11 heavy (non-hydrogen) atoms. The fraction of sp³-hybridized carbons (Fsp3) is 0.857. The quantitative estimate of drug-likeness (QED) is 0.664. The zero-order valence-corrected chi connectivity index (χ0v) is 10.4. The molecule has 0 rings (SSSR count). The highest BCUT2D eigenvalue weighted by Crippen LogP contribution is 2.04. The highest BCUT2D eigenvalue weighted by atomic mass is 28.3. The van der Waals surface area contributed by atoms with Crippen LogP contribution in [-0.4, -0.2) is 21.8 Å². The molecule has 0 spiro atoms. The summed E-state index contributed by atoms with van der Waals surface area (Å²) in [5.74, 6) is 0. The number of carbonyl (C=O) groups is 1. The Morgan fingerprint density at radius 1 is 1.00 bits per heavy atom. The van der Waals surface area contributed by atoms with Gasteiger partial charge in [0.05, 0.1) is 0 Å². The molecule has 0 heterocycles. The molecule has 4 heteroatoms. The minimum atomic E-state index is -1.59. The van der Waals surface area contributed by atoms with Gasteiger partial charge in [-0.05, 0) is 0 Å². The van der Waals surface area contributed by atoms with Crippen molar-refractivity contribution in [3.8, 4) is 0 Å². The molecule has 0 aliphatic carbocycles. The third kappa shape index (κ3) is 5.20.